The normalized spacial score (nSPS) is 31.5. The predicted molar refractivity (Wildman–Crippen MR) is 63.3 cm³/mol. The first-order valence-electron chi connectivity index (χ1n) is 5.97. The highest BCUT2D eigenvalue weighted by molar-refractivity contribution is 6.06. The van der Waals surface area contributed by atoms with Crippen LogP contribution in [-0.4, -0.2) is 35.0 Å². The van der Waals surface area contributed by atoms with Crippen LogP contribution >= 0.6 is 0 Å². The summed E-state index contributed by atoms with van der Waals surface area (Å²) in [5.74, 6) is 0.769. The third kappa shape index (κ3) is 2.15. The number of hydrogen-bond donors (Lipinski definition) is 1. The van der Waals surface area contributed by atoms with E-state index in [0.29, 0.717) is 12.8 Å². The number of nitrogens with zero attached hydrogens (tertiary/aromatic N) is 2. The van der Waals surface area contributed by atoms with Crippen molar-refractivity contribution in [3.8, 4) is 12.3 Å². The maximum atomic E-state index is 12.9. The van der Waals surface area contributed by atoms with Crippen LogP contribution in [0.25, 0.3) is 0 Å². The zero-order chi connectivity index (χ0) is 14.3. The largest absolute Gasteiger partial charge is 0.391 e. The van der Waals surface area contributed by atoms with E-state index in [9.17, 15) is 18.0 Å². The summed E-state index contributed by atoms with van der Waals surface area (Å²) < 4.78 is 38.7. The van der Waals surface area contributed by atoms with Crippen LogP contribution in [0, 0.1) is 18.3 Å². The van der Waals surface area contributed by atoms with Crippen LogP contribution in [0.4, 0.5) is 18.0 Å². The SMILES string of the molecule is C#CCN1C(=O)N=C(N)C12CCCC(C(F)(F)F)C2. The van der Waals surface area contributed by atoms with Crippen molar-refractivity contribution in [3.63, 3.8) is 0 Å². The van der Waals surface area contributed by atoms with Gasteiger partial charge in [-0.1, -0.05) is 12.3 Å². The second-order valence-electron chi connectivity index (χ2n) is 4.94. The molecule has 1 spiro atoms. The van der Waals surface area contributed by atoms with Gasteiger partial charge in [0.2, 0.25) is 0 Å². The summed E-state index contributed by atoms with van der Waals surface area (Å²) in [5, 5.41) is 0. The lowest BCUT2D eigenvalue weighted by Gasteiger charge is -2.43. The first-order chi connectivity index (χ1) is 8.81. The van der Waals surface area contributed by atoms with Crippen LogP contribution in [-0.2, 0) is 0 Å². The Hall–Kier alpha value is -1.71. The monoisotopic (exact) mass is 273 g/mol. The van der Waals surface area contributed by atoms with E-state index in [1.54, 1.807) is 0 Å². The lowest BCUT2D eigenvalue weighted by Crippen LogP contribution is -2.58. The molecule has 0 bridgehead atoms. The molecule has 0 aromatic carbocycles. The van der Waals surface area contributed by atoms with Crippen LogP contribution in [0.1, 0.15) is 25.7 Å². The maximum Gasteiger partial charge on any atom is 0.391 e. The molecule has 2 aliphatic rings. The van der Waals surface area contributed by atoms with E-state index in [0.717, 1.165) is 0 Å². The van der Waals surface area contributed by atoms with Crippen LogP contribution in [0.15, 0.2) is 4.99 Å². The molecule has 2 unspecified atom stereocenters. The fraction of sp³-hybridized carbons (Fsp3) is 0.667. The molecule has 19 heavy (non-hydrogen) atoms. The Kier molecular flexibility index (Phi) is 3.20. The van der Waals surface area contributed by atoms with Crippen molar-refractivity contribution in [1.29, 1.82) is 0 Å². The van der Waals surface area contributed by atoms with Gasteiger partial charge in [0.05, 0.1) is 12.5 Å². The first kappa shape index (κ1) is 13.7. The Morgan fingerprint density at radius 2 is 2.26 bits per heavy atom. The number of alkyl halides is 3. The van der Waals surface area contributed by atoms with Gasteiger partial charge in [0.15, 0.2) is 0 Å². The number of carbonyl (C=O) groups excluding carboxylic acids is 1. The van der Waals surface area contributed by atoms with Gasteiger partial charge in [-0.15, -0.1) is 6.42 Å². The molecular weight excluding hydrogens is 259 g/mol. The number of hydrogen-bond acceptors (Lipinski definition) is 2. The van der Waals surface area contributed by atoms with Gasteiger partial charge < -0.3 is 5.73 Å². The molecule has 2 rings (SSSR count). The molecule has 7 heteroatoms. The molecule has 1 aliphatic carbocycles. The number of rotatable bonds is 1. The molecule has 1 fully saturated rings. The van der Waals surface area contributed by atoms with Gasteiger partial charge in [0, 0.05) is 0 Å². The molecule has 1 aliphatic heterocycles. The summed E-state index contributed by atoms with van der Waals surface area (Å²) in [6, 6.07) is -0.640. The number of amidine groups is 1. The van der Waals surface area contributed by atoms with Crippen LogP contribution < -0.4 is 5.73 Å². The van der Waals surface area contributed by atoms with E-state index in [1.807, 2.05) is 0 Å². The van der Waals surface area contributed by atoms with Crippen molar-refractivity contribution in [3.05, 3.63) is 0 Å². The number of terminal acetylenes is 1. The predicted octanol–water partition coefficient (Wildman–Crippen LogP) is 1.90. The third-order valence-electron chi connectivity index (χ3n) is 3.88. The van der Waals surface area contributed by atoms with Crippen LogP contribution in [0.5, 0.6) is 0 Å². The third-order valence-corrected chi connectivity index (χ3v) is 3.88. The summed E-state index contributed by atoms with van der Waals surface area (Å²) >= 11 is 0. The molecule has 0 aromatic rings. The fourth-order valence-electron chi connectivity index (χ4n) is 2.91. The minimum atomic E-state index is -4.29. The molecule has 0 radical (unpaired) electrons. The van der Waals surface area contributed by atoms with Crippen molar-refractivity contribution in [1.82, 2.24) is 4.90 Å². The number of nitrogens with two attached hydrogens (primary N) is 1. The average Bonchev–Trinajstić information content (AvgIpc) is 2.54. The van der Waals surface area contributed by atoms with Crippen molar-refractivity contribution in [2.24, 2.45) is 16.6 Å². The van der Waals surface area contributed by atoms with Gasteiger partial charge in [0.1, 0.15) is 11.4 Å². The van der Waals surface area contributed by atoms with Crippen molar-refractivity contribution >= 4 is 11.9 Å². The molecule has 104 valence electrons. The fourth-order valence-corrected chi connectivity index (χ4v) is 2.91. The lowest BCUT2D eigenvalue weighted by atomic mass is 9.74. The first-order valence-corrected chi connectivity index (χ1v) is 5.97. The molecule has 2 amide bonds. The van der Waals surface area contributed by atoms with E-state index >= 15 is 0 Å². The topological polar surface area (TPSA) is 58.7 Å². The molecule has 0 aromatic heterocycles. The lowest BCUT2D eigenvalue weighted by molar-refractivity contribution is -0.188. The van der Waals surface area contributed by atoms with E-state index in [2.05, 4.69) is 10.9 Å². The number of aliphatic imine (C=N–C) groups is 1. The van der Waals surface area contributed by atoms with Gasteiger partial charge >= 0.3 is 12.2 Å². The summed E-state index contributed by atoms with van der Waals surface area (Å²) in [7, 11) is 0. The summed E-state index contributed by atoms with van der Waals surface area (Å²) in [5.41, 5.74) is 4.56. The highest BCUT2D eigenvalue weighted by atomic mass is 19.4. The van der Waals surface area contributed by atoms with Gasteiger partial charge in [-0.3, -0.25) is 4.90 Å². The number of urea groups is 1. The number of halogens is 3. The maximum absolute atomic E-state index is 12.9. The smallest absolute Gasteiger partial charge is 0.385 e. The van der Waals surface area contributed by atoms with Crippen molar-refractivity contribution < 1.29 is 18.0 Å². The van der Waals surface area contributed by atoms with E-state index in [-0.39, 0.29) is 25.2 Å². The minimum Gasteiger partial charge on any atom is -0.385 e. The van der Waals surface area contributed by atoms with E-state index in [1.165, 1.54) is 4.90 Å². The second-order valence-corrected chi connectivity index (χ2v) is 4.94. The highest BCUT2D eigenvalue weighted by Crippen LogP contribution is 2.45. The zero-order valence-electron chi connectivity index (χ0n) is 10.2. The molecule has 0 saturated heterocycles. The standard InChI is InChI=1S/C12H14F3N3O/c1-2-6-18-10(19)17-9(16)11(18)5-3-4-8(7-11)12(13,14)15/h1,8H,3-7H2,(H2,16,17,19). The van der Waals surface area contributed by atoms with Gasteiger partial charge in [0.25, 0.3) is 0 Å². The van der Waals surface area contributed by atoms with E-state index in [4.69, 9.17) is 12.2 Å². The zero-order valence-corrected chi connectivity index (χ0v) is 10.2. The second kappa shape index (κ2) is 4.44. The van der Waals surface area contributed by atoms with Gasteiger partial charge in [-0.2, -0.15) is 18.2 Å². The molecule has 4 nitrogen and oxygen atoms in total. The molecular formula is C12H14F3N3O. The Morgan fingerprint density at radius 1 is 1.58 bits per heavy atom. The van der Waals surface area contributed by atoms with Crippen LogP contribution in [0.2, 0.25) is 0 Å². The van der Waals surface area contributed by atoms with Gasteiger partial charge in [-0.05, 0) is 19.3 Å². The summed E-state index contributed by atoms with van der Waals surface area (Å²) in [6.45, 7) is -0.0758. The van der Waals surface area contributed by atoms with Crippen molar-refractivity contribution in [2.75, 3.05) is 6.54 Å². The molecule has 2 N–H and O–H groups in total. The Bertz CT molecular complexity index is 466. The summed E-state index contributed by atoms with van der Waals surface area (Å²) in [4.78, 5) is 16.5. The highest BCUT2D eigenvalue weighted by Gasteiger charge is 2.55. The van der Waals surface area contributed by atoms with Crippen molar-refractivity contribution in [2.45, 2.75) is 37.4 Å². The van der Waals surface area contributed by atoms with Crippen LogP contribution in [0.3, 0.4) is 0 Å². The quantitative estimate of drug-likeness (QED) is 0.742. The van der Waals surface area contributed by atoms with E-state index < -0.39 is 23.7 Å². The minimum absolute atomic E-state index is 0.0401. The number of amides is 2. The number of carbonyl (C=O) groups is 1. The average molecular weight is 273 g/mol. The summed E-state index contributed by atoms with van der Waals surface area (Å²) in [6.07, 6.45) is 1.40. The Balaban J connectivity index is 2.32. The Labute approximate surface area is 108 Å². The van der Waals surface area contributed by atoms with Gasteiger partial charge in [-0.25, -0.2) is 4.79 Å². The Morgan fingerprint density at radius 3 is 2.84 bits per heavy atom. The molecule has 1 saturated carbocycles. The molecule has 1 heterocycles. The molecule has 2 atom stereocenters.